The van der Waals surface area contributed by atoms with Crippen LogP contribution in [0, 0.1) is 19.9 Å². The number of fused-ring (bicyclic) bond motifs is 11. The number of aromatic nitrogens is 11. The zero-order chi connectivity index (χ0) is 95.2. The SMILES string of the molecule is Cc1ccc(C)c(-c2cc[c-]c(-c3ccccn3)c2)c1.[Ir].[Li+].[O-]c1cccc2ccc[nH+]c12.c1ccc(-c2cc(-c3ccccc3)cc(-c3cccc(-c4nc(-c5ccccc5)nc(-c5cccc(-c6cccc7c6c6cc(-c8ccccc8)ccc6n7-c6ccccc6)c5)n4)c3)c2)cc1.c1ccc(-c2nc(-c3ccccc3)nc(-n3c4ccccc4c4ccc5c6ccccc6n(-c6ccccc6)c5c43)n2)cc1. The van der Waals surface area contributed by atoms with Gasteiger partial charge < -0.3 is 19.2 Å². The first-order chi connectivity index (χ1) is 70.2. The van der Waals surface area contributed by atoms with Gasteiger partial charge in [0.25, 0.3) is 0 Å². The van der Waals surface area contributed by atoms with E-state index in [9.17, 15) is 5.11 Å². The Hall–Kier alpha value is -17.8. The minimum absolute atomic E-state index is 0. The fraction of sp³-hybridized carbons (Fsp3) is 0.0154. The minimum atomic E-state index is 0. The van der Waals surface area contributed by atoms with Crippen molar-refractivity contribution in [3.05, 3.63) is 521 Å². The molecule has 14 heteroatoms. The molecule has 26 rings (SSSR count). The standard InChI is InChI=1S/C63H42N4.C39H25N5.C19H16N.C9H7NO.Ir.Li/c1-6-19-43(20-7-1)48-35-36-58-57(42-48)60-56(33-18-34-59(60)67(58)55-31-14-5-15-32-55)49-28-17-30-51(38-49)63-65-61(46-25-12-4-13-26-46)64-62(66-63)50-29-16-27-47(37-50)54-40-52(44-21-8-2-9-22-44)39-53(41-54)45-23-10-3-11-24-45;1-4-14-26(15-5-1)37-40-38(27-16-6-2-7-17-27)42-39(41-37)44-34-23-13-11-21-30(34)32-25-24-31-29-20-10-12-22-33(29)43(35(31)36(32)44)28-18-8-3-9-19-28;1-14-9-10-15(2)18(12-14)16-6-5-7-17(13-16)19-8-3-4-11-20-19;11-8-5-1-3-7-4-2-6-10-9(7)8;;/h1-42H;1-25H;3-6,8-13H,1-2H3;1-6,11H;;/q;;-1;;;+1. The summed E-state index contributed by atoms with van der Waals surface area (Å²) in [5.74, 6) is 3.74. The number of para-hydroxylation sites is 5. The number of H-pyrrole nitrogens is 1. The molecule has 144 heavy (non-hydrogen) atoms. The largest absolute Gasteiger partial charge is 1.00 e. The van der Waals surface area contributed by atoms with Crippen molar-refractivity contribution < 1.29 is 49.1 Å². The van der Waals surface area contributed by atoms with Crippen molar-refractivity contribution in [2.24, 2.45) is 0 Å². The van der Waals surface area contributed by atoms with Crippen molar-refractivity contribution >= 4 is 76.3 Å². The molecule has 0 bridgehead atoms. The van der Waals surface area contributed by atoms with Gasteiger partial charge >= 0.3 is 18.9 Å². The first kappa shape index (κ1) is 92.6. The molecule has 0 aliphatic rings. The minimum Gasteiger partial charge on any atom is -0.868 e. The Balaban J connectivity index is 0.000000134. The molecule has 0 unspecified atom stereocenters. The molecule has 0 spiro atoms. The molecule has 19 aromatic carbocycles. The van der Waals surface area contributed by atoms with E-state index in [4.69, 9.17) is 29.9 Å². The number of hydrogen-bond donors (Lipinski definition) is 0. The smallest absolute Gasteiger partial charge is 0.868 e. The number of aryl methyl sites for hydroxylation is 2. The van der Waals surface area contributed by atoms with Gasteiger partial charge in [0, 0.05) is 109 Å². The molecular weight excluding hydrogens is 1930 g/mol. The van der Waals surface area contributed by atoms with Gasteiger partial charge in [-0.25, -0.2) is 24.9 Å². The first-order valence-corrected chi connectivity index (χ1v) is 47.6. The van der Waals surface area contributed by atoms with Crippen LogP contribution in [0.5, 0.6) is 5.75 Å². The number of nitrogens with one attached hydrogen (secondary N) is 1. The van der Waals surface area contributed by atoms with Gasteiger partial charge in [0.05, 0.1) is 33.1 Å². The number of hydrogen-bond acceptors (Lipinski definition) is 8. The van der Waals surface area contributed by atoms with E-state index in [1.54, 1.807) is 18.3 Å². The molecule has 7 aromatic heterocycles. The maximum Gasteiger partial charge on any atom is 1.00 e. The molecule has 7 heterocycles. The van der Waals surface area contributed by atoms with Crippen LogP contribution in [0.1, 0.15) is 11.1 Å². The van der Waals surface area contributed by atoms with E-state index in [2.05, 4.69) is 401 Å². The van der Waals surface area contributed by atoms with Crippen LogP contribution in [0.25, 0.3) is 229 Å². The maximum atomic E-state index is 11.1. The van der Waals surface area contributed by atoms with Gasteiger partial charge in [0.15, 0.2) is 35.3 Å². The summed E-state index contributed by atoms with van der Waals surface area (Å²) < 4.78 is 6.98. The summed E-state index contributed by atoms with van der Waals surface area (Å²) in [6, 6.07) is 174. The second-order valence-electron chi connectivity index (χ2n) is 35.2. The summed E-state index contributed by atoms with van der Waals surface area (Å²) in [5, 5.41) is 19.2. The molecule has 0 atom stereocenters. The Morgan fingerprint density at radius 2 is 0.681 bits per heavy atom. The van der Waals surface area contributed by atoms with Gasteiger partial charge in [-0.05, 0) is 195 Å². The van der Waals surface area contributed by atoms with Crippen LogP contribution in [0.3, 0.4) is 0 Å². The second-order valence-corrected chi connectivity index (χ2v) is 35.2. The molecule has 0 aliphatic carbocycles. The molecule has 0 aliphatic heterocycles. The average molecular weight is 2020 g/mol. The third-order valence-corrected chi connectivity index (χ3v) is 26.1. The van der Waals surface area contributed by atoms with E-state index in [0.29, 0.717) is 40.6 Å². The fourth-order valence-corrected chi connectivity index (χ4v) is 19.3. The number of rotatable bonds is 15. The van der Waals surface area contributed by atoms with Crippen molar-refractivity contribution in [3.8, 4) is 158 Å². The van der Waals surface area contributed by atoms with Crippen LogP contribution in [0.15, 0.2) is 504 Å². The molecule has 1 radical (unpaired) electrons. The van der Waals surface area contributed by atoms with Crippen LogP contribution in [-0.4, -0.2) is 48.6 Å². The van der Waals surface area contributed by atoms with E-state index in [0.717, 1.165) is 133 Å². The molecule has 0 fully saturated rings. The van der Waals surface area contributed by atoms with Crippen LogP contribution in [-0.2, 0) is 20.1 Å². The zero-order valence-corrected chi connectivity index (χ0v) is 81.5. The Kier molecular flexibility index (Phi) is 26.8. The number of pyridine rings is 2. The molecule has 1 N–H and O–H groups in total. The Morgan fingerprint density at radius 3 is 1.24 bits per heavy atom. The predicted molar refractivity (Wildman–Crippen MR) is 580 cm³/mol. The summed E-state index contributed by atoms with van der Waals surface area (Å²) in [5.41, 5.74) is 32.7. The van der Waals surface area contributed by atoms with Crippen molar-refractivity contribution in [1.82, 2.24) is 48.6 Å². The summed E-state index contributed by atoms with van der Waals surface area (Å²) in [7, 11) is 0. The number of benzene rings is 19. The normalized spacial score (nSPS) is 11.0. The quantitative estimate of drug-likeness (QED) is 0.0729. The predicted octanol–water partition coefficient (Wildman–Crippen LogP) is 28.3. The third-order valence-electron chi connectivity index (χ3n) is 26.1. The molecule has 12 nitrogen and oxygen atoms in total. The molecule has 0 amide bonds. The van der Waals surface area contributed by atoms with Crippen LogP contribution < -0.4 is 29.0 Å². The van der Waals surface area contributed by atoms with Crippen LogP contribution >= 0.6 is 0 Å². The molecule has 26 aromatic rings. The van der Waals surface area contributed by atoms with Gasteiger partial charge in [0.2, 0.25) is 11.5 Å². The van der Waals surface area contributed by atoms with Gasteiger partial charge in [-0.2, -0.15) is 9.97 Å². The van der Waals surface area contributed by atoms with Crippen molar-refractivity contribution in [2.75, 3.05) is 0 Å². The van der Waals surface area contributed by atoms with Crippen molar-refractivity contribution in [1.29, 1.82) is 0 Å². The number of nitrogens with zero attached hydrogens (tertiary/aromatic N) is 10. The van der Waals surface area contributed by atoms with Gasteiger partial charge in [-0.15, -0.1) is 35.4 Å². The summed E-state index contributed by atoms with van der Waals surface area (Å²) in [6.45, 7) is 4.27. The summed E-state index contributed by atoms with van der Waals surface area (Å²) >= 11 is 0. The second kappa shape index (κ2) is 41.7. The van der Waals surface area contributed by atoms with Gasteiger partial charge in [-0.1, -0.05) is 370 Å². The Bertz CT molecular complexity index is 8990. The van der Waals surface area contributed by atoms with Crippen molar-refractivity contribution in [3.63, 3.8) is 0 Å². The maximum absolute atomic E-state index is 11.1. The third kappa shape index (κ3) is 18.9. The van der Waals surface area contributed by atoms with E-state index in [1.807, 2.05) is 128 Å². The van der Waals surface area contributed by atoms with Gasteiger partial charge in [0.1, 0.15) is 0 Å². The van der Waals surface area contributed by atoms with Crippen LogP contribution in [0.4, 0.5) is 0 Å². The van der Waals surface area contributed by atoms with E-state index in [1.165, 1.54) is 66.1 Å². The fourth-order valence-electron chi connectivity index (χ4n) is 19.3. The Labute approximate surface area is 860 Å². The Morgan fingerprint density at radius 1 is 0.271 bits per heavy atom. The van der Waals surface area contributed by atoms with Crippen LogP contribution in [0.2, 0.25) is 0 Å². The zero-order valence-electron chi connectivity index (χ0n) is 79.1. The van der Waals surface area contributed by atoms with Crippen molar-refractivity contribution in [2.45, 2.75) is 13.8 Å². The topological polar surface area (TPSA) is 142 Å². The van der Waals surface area contributed by atoms with E-state index < -0.39 is 0 Å². The number of aromatic amines is 1. The summed E-state index contributed by atoms with van der Waals surface area (Å²) in [6.07, 6.45) is 3.57. The van der Waals surface area contributed by atoms with E-state index in [-0.39, 0.29) is 44.7 Å². The average Bonchev–Trinajstić information content (AvgIpc) is 1.54. The monoisotopic (exact) mass is 2020 g/mol. The molecule has 0 saturated heterocycles. The first-order valence-electron chi connectivity index (χ1n) is 47.6. The summed E-state index contributed by atoms with van der Waals surface area (Å²) in [4.78, 5) is 38.2. The van der Waals surface area contributed by atoms with E-state index >= 15 is 0 Å². The van der Waals surface area contributed by atoms with Gasteiger partial charge in [-0.3, -0.25) is 4.57 Å². The molecule has 681 valence electrons. The molecular formula is C130H90IrLiN11O. The molecule has 0 saturated carbocycles.